The van der Waals surface area contributed by atoms with Gasteiger partial charge in [0.15, 0.2) is 0 Å². The first-order valence-electron chi connectivity index (χ1n) is 12.6. The number of hydrogen-bond donors (Lipinski definition) is 1. The Labute approximate surface area is 214 Å². The van der Waals surface area contributed by atoms with Gasteiger partial charge in [-0.2, -0.15) is 5.10 Å². The predicted octanol–water partition coefficient (Wildman–Crippen LogP) is 6.27. The Bertz CT molecular complexity index is 1440. The Balaban J connectivity index is 1.55. The summed E-state index contributed by atoms with van der Waals surface area (Å²) in [5, 5.41) is 8.76. The Kier molecular flexibility index (Phi) is 6.87. The molecule has 0 spiro atoms. The molecule has 36 heavy (non-hydrogen) atoms. The van der Waals surface area contributed by atoms with E-state index in [4.69, 9.17) is 9.72 Å². The van der Waals surface area contributed by atoms with Gasteiger partial charge in [-0.05, 0) is 63.6 Å². The molecule has 1 aliphatic rings. The normalized spacial score (nSPS) is 13.9. The van der Waals surface area contributed by atoms with Gasteiger partial charge in [0.05, 0.1) is 34.6 Å². The average molecular weight is 503 g/mol. The van der Waals surface area contributed by atoms with E-state index in [9.17, 15) is 9.59 Å². The minimum atomic E-state index is -0.355. The van der Waals surface area contributed by atoms with E-state index in [0.717, 1.165) is 60.7 Å². The number of fused-ring (bicyclic) bond motifs is 2. The minimum absolute atomic E-state index is 0.184. The van der Waals surface area contributed by atoms with Gasteiger partial charge in [-0.1, -0.05) is 25.1 Å². The van der Waals surface area contributed by atoms with Crippen LogP contribution in [-0.2, 0) is 24.1 Å². The number of thiophene rings is 1. The monoisotopic (exact) mass is 502 g/mol. The van der Waals surface area contributed by atoms with Crippen LogP contribution in [-0.4, -0.2) is 32.7 Å². The standard InChI is InChI=1S/C28H30N4O3S/c1-4-17(3)35-28(34)25-20-11-7-9-13-24(20)36-27(25)31-26(33)21-14-23(18-15-29-32(5-2)16-18)30-22-12-8-6-10-19(21)22/h6,8,10,12,14-17H,4-5,7,9,11,13H2,1-3H3,(H,31,33). The molecule has 7 nitrogen and oxygen atoms in total. The number of anilines is 1. The number of hydrogen-bond acceptors (Lipinski definition) is 6. The van der Waals surface area contributed by atoms with Gasteiger partial charge in [0, 0.05) is 28.6 Å². The summed E-state index contributed by atoms with van der Waals surface area (Å²) >= 11 is 1.50. The fourth-order valence-corrected chi connectivity index (χ4v) is 5.82. The molecule has 1 aliphatic carbocycles. The van der Waals surface area contributed by atoms with Crippen molar-refractivity contribution in [2.45, 2.75) is 65.5 Å². The zero-order valence-electron chi connectivity index (χ0n) is 20.8. The van der Waals surface area contributed by atoms with Crippen molar-refractivity contribution in [1.82, 2.24) is 14.8 Å². The summed E-state index contributed by atoms with van der Waals surface area (Å²) in [4.78, 5) is 32.9. The van der Waals surface area contributed by atoms with Gasteiger partial charge in [-0.15, -0.1) is 11.3 Å². The number of aryl methyl sites for hydroxylation is 2. The van der Waals surface area contributed by atoms with Gasteiger partial charge >= 0.3 is 5.97 Å². The summed E-state index contributed by atoms with van der Waals surface area (Å²) in [7, 11) is 0. The molecule has 0 fully saturated rings. The summed E-state index contributed by atoms with van der Waals surface area (Å²) in [5.41, 5.74) is 4.31. The molecule has 1 unspecified atom stereocenters. The number of carbonyl (C=O) groups excluding carboxylic acids is 2. The van der Waals surface area contributed by atoms with Crippen LogP contribution in [0.3, 0.4) is 0 Å². The lowest BCUT2D eigenvalue weighted by molar-refractivity contribution is 0.0335. The molecule has 1 aromatic carbocycles. The molecule has 8 heteroatoms. The molecule has 1 atom stereocenters. The van der Waals surface area contributed by atoms with Crippen LogP contribution in [0.4, 0.5) is 5.00 Å². The van der Waals surface area contributed by atoms with Crippen LogP contribution in [0.2, 0.25) is 0 Å². The number of nitrogens with zero attached hydrogens (tertiary/aromatic N) is 3. The van der Waals surface area contributed by atoms with Crippen molar-refractivity contribution in [2.24, 2.45) is 0 Å². The molecule has 0 saturated carbocycles. The molecule has 1 N–H and O–H groups in total. The third-order valence-electron chi connectivity index (χ3n) is 6.70. The summed E-state index contributed by atoms with van der Waals surface area (Å²) in [6.45, 7) is 6.65. The molecule has 3 aromatic heterocycles. The van der Waals surface area contributed by atoms with E-state index >= 15 is 0 Å². The summed E-state index contributed by atoms with van der Waals surface area (Å²) < 4.78 is 7.53. The van der Waals surface area contributed by atoms with Crippen molar-refractivity contribution in [3.8, 4) is 11.3 Å². The maximum Gasteiger partial charge on any atom is 0.341 e. The number of para-hydroxylation sites is 1. The summed E-state index contributed by atoms with van der Waals surface area (Å²) in [6.07, 6.45) is 8.11. The maximum atomic E-state index is 13.7. The van der Waals surface area contributed by atoms with Crippen LogP contribution >= 0.6 is 11.3 Å². The topological polar surface area (TPSA) is 86.1 Å². The fraction of sp³-hybridized carbons (Fsp3) is 0.357. The first-order valence-corrected chi connectivity index (χ1v) is 13.4. The number of esters is 1. The Morgan fingerprint density at radius 3 is 2.78 bits per heavy atom. The van der Waals surface area contributed by atoms with Crippen LogP contribution in [0.1, 0.15) is 71.2 Å². The highest BCUT2D eigenvalue weighted by Crippen LogP contribution is 2.39. The van der Waals surface area contributed by atoms with Gasteiger partial charge in [0.2, 0.25) is 0 Å². The summed E-state index contributed by atoms with van der Waals surface area (Å²) in [5.74, 6) is -0.625. The molecule has 0 radical (unpaired) electrons. The quantitative estimate of drug-likeness (QED) is 0.301. The van der Waals surface area contributed by atoms with Crippen LogP contribution in [0.15, 0.2) is 42.7 Å². The highest BCUT2D eigenvalue weighted by atomic mass is 32.1. The third-order valence-corrected chi connectivity index (χ3v) is 7.91. The highest BCUT2D eigenvalue weighted by molar-refractivity contribution is 7.17. The van der Waals surface area contributed by atoms with E-state index in [0.29, 0.717) is 21.8 Å². The molecule has 0 bridgehead atoms. The predicted molar refractivity (Wildman–Crippen MR) is 143 cm³/mol. The second-order valence-electron chi connectivity index (χ2n) is 9.15. The maximum absolute atomic E-state index is 13.7. The number of rotatable bonds is 7. The zero-order valence-corrected chi connectivity index (χ0v) is 21.7. The van der Waals surface area contributed by atoms with Gasteiger partial charge in [-0.3, -0.25) is 9.48 Å². The number of aromatic nitrogens is 3. The Morgan fingerprint density at radius 2 is 2.00 bits per heavy atom. The molecule has 0 aliphatic heterocycles. The number of carbonyl (C=O) groups is 2. The van der Waals surface area contributed by atoms with E-state index in [-0.39, 0.29) is 18.0 Å². The van der Waals surface area contributed by atoms with E-state index in [1.54, 1.807) is 12.3 Å². The highest BCUT2D eigenvalue weighted by Gasteiger charge is 2.29. The lowest BCUT2D eigenvalue weighted by Crippen LogP contribution is -2.19. The number of nitrogens with one attached hydrogen (secondary N) is 1. The molecular formula is C28H30N4O3S. The molecule has 3 heterocycles. The molecule has 0 saturated heterocycles. The largest absolute Gasteiger partial charge is 0.459 e. The van der Waals surface area contributed by atoms with Crippen LogP contribution in [0.25, 0.3) is 22.2 Å². The average Bonchev–Trinajstić information content (AvgIpc) is 3.52. The van der Waals surface area contributed by atoms with E-state index < -0.39 is 0 Å². The summed E-state index contributed by atoms with van der Waals surface area (Å²) in [6, 6.07) is 9.41. The van der Waals surface area contributed by atoms with E-state index in [1.807, 2.05) is 55.9 Å². The number of amides is 1. The molecule has 1 amide bonds. The fourth-order valence-electron chi connectivity index (χ4n) is 4.55. The van der Waals surface area contributed by atoms with Crippen LogP contribution in [0.5, 0.6) is 0 Å². The molecule has 5 rings (SSSR count). The molecular weight excluding hydrogens is 472 g/mol. The first kappa shape index (κ1) is 24.2. The SMILES string of the molecule is CCC(C)OC(=O)c1c(NC(=O)c2cc(-c3cnn(CC)c3)nc3ccccc23)sc2c1CCCC2. The molecule has 4 aromatic rings. The zero-order chi connectivity index (χ0) is 25.2. The van der Waals surface area contributed by atoms with Crippen molar-refractivity contribution < 1.29 is 14.3 Å². The minimum Gasteiger partial charge on any atom is -0.459 e. The second kappa shape index (κ2) is 10.2. The smallest absolute Gasteiger partial charge is 0.341 e. The van der Waals surface area contributed by atoms with Crippen molar-refractivity contribution >= 4 is 39.1 Å². The van der Waals surface area contributed by atoms with E-state index in [2.05, 4.69) is 10.4 Å². The van der Waals surface area contributed by atoms with Crippen molar-refractivity contribution in [2.75, 3.05) is 5.32 Å². The second-order valence-corrected chi connectivity index (χ2v) is 10.3. The Hall–Kier alpha value is -3.52. The van der Waals surface area contributed by atoms with Crippen molar-refractivity contribution in [1.29, 1.82) is 0 Å². The number of pyridine rings is 1. The van der Waals surface area contributed by atoms with Crippen molar-refractivity contribution in [3.05, 3.63) is 64.3 Å². The lowest BCUT2D eigenvalue weighted by Gasteiger charge is -2.15. The first-order chi connectivity index (χ1) is 17.5. The van der Waals surface area contributed by atoms with E-state index in [1.165, 1.54) is 16.2 Å². The van der Waals surface area contributed by atoms with Gasteiger partial charge in [-0.25, -0.2) is 9.78 Å². The lowest BCUT2D eigenvalue weighted by atomic mass is 9.95. The number of ether oxygens (including phenoxy) is 1. The van der Waals surface area contributed by atoms with Gasteiger partial charge < -0.3 is 10.1 Å². The number of benzene rings is 1. The van der Waals surface area contributed by atoms with Gasteiger partial charge in [0.1, 0.15) is 5.00 Å². The Morgan fingerprint density at radius 1 is 1.19 bits per heavy atom. The van der Waals surface area contributed by atoms with Crippen molar-refractivity contribution in [3.63, 3.8) is 0 Å². The molecule has 186 valence electrons. The van der Waals surface area contributed by atoms with Crippen LogP contribution in [0, 0.1) is 0 Å². The van der Waals surface area contributed by atoms with Crippen LogP contribution < -0.4 is 5.32 Å². The third kappa shape index (κ3) is 4.65. The van der Waals surface area contributed by atoms with Gasteiger partial charge in [0.25, 0.3) is 5.91 Å².